The lowest BCUT2D eigenvalue weighted by molar-refractivity contribution is 0.00711. The van der Waals surface area contributed by atoms with Crippen LogP contribution in [0.1, 0.15) is 12.5 Å². The number of hydrogen-bond donors (Lipinski definition) is 1. The van der Waals surface area contributed by atoms with Crippen molar-refractivity contribution in [1.29, 1.82) is 0 Å². The number of ether oxygens (including phenoxy) is 1. The van der Waals surface area contributed by atoms with Crippen molar-refractivity contribution in [2.75, 3.05) is 13.7 Å². The van der Waals surface area contributed by atoms with E-state index in [0.29, 0.717) is 0 Å². The van der Waals surface area contributed by atoms with Gasteiger partial charge in [-0.15, -0.1) is 0 Å². The van der Waals surface area contributed by atoms with Gasteiger partial charge in [-0.25, -0.2) is 8.78 Å². The molecule has 0 saturated heterocycles. The van der Waals surface area contributed by atoms with Gasteiger partial charge in [0.05, 0.1) is 0 Å². The molecule has 1 aromatic rings. The van der Waals surface area contributed by atoms with Gasteiger partial charge in [-0.2, -0.15) is 0 Å². The van der Waals surface area contributed by atoms with Crippen molar-refractivity contribution in [3.05, 3.63) is 34.4 Å². The minimum atomic E-state index is -0.999. The van der Waals surface area contributed by atoms with Crippen molar-refractivity contribution in [3.63, 3.8) is 0 Å². The summed E-state index contributed by atoms with van der Waals surface area (Å²) in [5.41, 5.74) is 4.63. The van der Waals surface area contributed by atoms with Crippen LogP contribution in [0.4, 0.5) is 8.78 Å². The highest BCUT2D eigenvalue weighted by Gasteiger charge is 2.29. The highest BCUT2D eigenvalue weighted by atomic mass is 35.5. The maximum absolute atomic E-state index is 13.6. The van der Waals surface area contributed by atoms with Gasteiger partial charge in [0.15, 0.2) is 5.82 Å². The average molecular weight is 236 g/mol. The van der Waals surface area contributed by atoms with E-state index in [1.807, 2.05) is 0 Å². The molecule has 84 valence electrons. The molecule has 0 radical (unpaired) electrons. The molecule has 0 aliphatic carbocycles. The minimum Gasteiger partial charge on any atom is -0.372 e. The van der Waals surface area contributed by atoms with Crippen molar-refractivity contribution >= 4 is 11.6 Å². The molecule has 0 amide bonds. The van der Waals surface area contributed by atoms with E-state index in [1.165, 1.54) is 13.2 Å². The fourth-order valence-electron chi connectivity index (χ4n) is 1.24. The molecule has 2 nitrogen and oxygen atoms in total. The molecule has 1 rings (SSSR count). The highest BCUT2D eigenvalue weighted by Crippen LogP contribution is 2.31. The van der Waals surface area contributed by atoms with E-state index < -0.39 is 22.3 Å². The standard InChI is InChI=1S/C10H12ClF2NO/c1-10(5-14,15-2)6-3-4-7(12)8(11)9(6)13/h3-4H,5,14H2,1-2H3. The van der Waals surface area contributed by atoms with Crippen LogP contribution < -0.4 is 5.73 Å². The first-order chi connectivity index (χ1) is 6.96. The van der Waals surface area contributed by atoms with Crippen molar-refractivity contribution < 1.29 is 13.5 Å². The normalized spacial score (nSPS) is 15.1. The molecule has 0 aromatic heterocycles. The van der Waals surface area contributed by atoms with Crippen LogP contribution in [0.5, 0.6) is 0 Å². The van der Waals surface area contributed by atoms with Crippen LogP contribution in [-0.4, -0.2) is 13.7 Å². The summed E-state index contributed by atoms with van der Waals surface area (Å²) in [6, 6.07) is 2.38. The van der Waals surface area contributed by atoms with E-state index in [4.69, 9.17) is 22.1 Å². The molecule has 0 fully saturated rings. The van der Waals surface area contributed by atoms with E-state index in [2.05, 4.69) is 0 Å². The largest absolute Gasteiger partial charge is 0.372 e. The second-order valence-electron chi connectivity index (χ2n) is 3.36. The molecule has 1 aromatic carbocycles. The molecule has 1 atom stereocenters. The molecule has 0 aliphatic rings. The third kappa shape index (κ3) is 2.12. The van der Waals surface area contributed by atoms with E-state index in [0.717, 1.165) is 6.07 Å². The van der Waals surface area contributed by atoms with Gasteiger partial charge in [0.1, 0.15) is 16.4 Å². The first-order valence-electron chi connectivity index (χ1n) is 4.35. The molecule has 0 saturated carbocycles. The lowest BCUT2D eigenvalue weighted by atomic mass is 9.95. The van der Waals surface area contributed by atoms with Crippen LogP contribution in [0.15, 0.2) is 12.1 Å². The predicted molar refractivity (Wildman–Crippen MR) is 54.8 cm³/mol. The Hall–Kier alpha value is -0.710. The Morgan fingerprint density at radius 2 is 2.07 bits per heavy atom. The van der Waals surface area contributed by atoms with Gasteiger partial charge in [0.2, 0.25) is 0 Å². The SMILES string of the molecule is COC(C)(CN)c1ccc(F)c(Cl)c1F. The number of nitrogens with two attached hydrogens (primary N) is 1. The third-order valence-corrected chi connectivity index (χ3v) is 2.79. The second kappa shape index (κ2) is 4.43. The average Bonchev–Trinajstić information content (AvgIpc) is 2.25. The zero-order chi connectivity index (χ0) is 11.6. The van der Waals surface area contributed by atoms with Crippen LogP contribution in [-0.2, 0) is 10.3 Å². The van der Waals surface area contributed by atoms with Gasteiger partial charge in [-0.3, -0.25) is 0 Å². The molecule has 0 aliphatic heterocycles. The fourth-order valence-corrected chi connectivity index (χ4v) is 1.40. The molecule has 2 N–H and O–H groups in total. The van der Waals surface area contributed by atoms with Crippen LogP contribution >= 0.6 is 11.6 Å². The van der Waals surface area contributed by atoms with Gasteiger partial charge >= 0.3 is 0 Å². The van der Waals surface area contributed by atoms with Crippen molar-refractivity contribution in [2.45, 2.75) is 12.5 Å². The summed E-state index contributed by atoms with van der Waals surface area (Å²) in [7, 11) is 1.41. The predicted octanol–water partition coefficient (Wildman–Crippen LogP) is 2.44. The van der Waals surface area contributed by atoms with E-state index >= 15 is 0 Å². The number of rotatable bonds is 3. The molecule has 15 heavy (non-hydrogen) atoms. The van der Waals surface area contributed by atoms with Gasteiger partial charge in [-0.1, -0.05) is 17.7 Å². The Labute approximate surface area is 92.0 Å². The summed E-state index contributed by atoms with van der Waals surface area (Å²) in [5, 5.41) is -0.538. The van der Waals surface area contributed by atoms with Gasteiger partial charge in [0, 0.05) is 19.2 Å². The third-order valence-electron chi connectivity index (χ3n) is 2.44. The lowest BCUT2D eigenvalue weighted by Gasteiger charge is -2.27. The number of halogens is 3. The van der Waals surface area contributed by atoms with Crippen LogP contribution in [0.3, 0.4) is 0 Å². The van der Waals surface area contributed by atoms with Crippen LogP contribution in [0, 0.1) is 11.6 Å². The van der Waals surface area contributed by atoms with Crippen molar-refractivity contribution in [1.82, 2.24) is 0 Å². The monoisotopic (exact) mass is 235 g/mol. The Kier molecular flexibility index (Phi) is 3.65. The van der Waals surface area contributed by atoms with E-state index in [1.54, 1.807) is 6.92 Å². The van der Waals surface area contributed by atoms with E-state index in [9.17, 15) is 8.78 Å². The Morgan fingerprint density at radius 3 is 2.53 bits per heavy atom. The first kappa shape index (κ1) is 12.4. The number of benzene rings is 1. The zero-order valence-corrected chi connectivity index (χ0v) is 9.24. The Morgan fingerprint density at radius 1 is 1.47 bits per heavy atom. The summed E-state index contributed by atoms with van der Waals surface area (Å²) in [6.45, 7) is 1.68. The van der Waals surface area contributed by atoms with Crippen LogP contribution in [0.25, 0.3) is 0 Å². The van der Waals surface area contributed by atoms with E-state index in [-0.39, 0.29) is 12.1 Å². The van der Waals surface area contributed by atoms with Crippen LogP contribution in [0.2, 0.25) is 5.02 Å². The summed E-state index contributed by atoms with van der Waals surface area (Å²) in [6.07, 6.45) is 0. The maximum atomic E-state index is 13.6. The fraction of sp³-hybridized carbons (Fsp3) is 0.400. The quantitative estimate of drug-likeness (QED) is 0.817. The Balaban J connectivity index is 3.32. The summed E-state index contributed by atoms with van der Waals surface area (Å²) >= 11 is 5.46. The smallest absolute Gasteiger partial charge is 0.150 e. The van der Waals surface area contributed by atoms with Gasteiger partial charge < -0.3 is 10.5 Å². The van der Waals surface area contributed by atoms with Crippen molar-refractivity contribution in [2.24, 2.45) is 5.73 Å². The highest BCUT2D eigenvalue weighted by molar-refractivity contribution is 6.30. The lowest BCUT2D eigenvalue weighted by Crippen LogP contribution is -2.34. The summed E-state index contributed by atoms with van der Waals surface area (Å²) < 4.78 is 31.6. The summed E-state index contributed by atoms with van der Waals surface area (Å²) in [4.78, 5) is 0. The number of methoxy groups -OCH3 is 1. The molecule has 0 heterocycles. The zero-order valence-electron chi connectivity index (χ0n) is 8.48. The number of hydrogen-bond acceptors (Lipinski definition) is 2. The molecule has 0 bridgehead atoms. The Bertz CT molecular complexity index is 367. The van der Waals surface area contributed by atoms with Gasteiger partial charge in [0.25, 0.3) is 0 Å². The minimum absolute atomic E-state index is 0.0718. The second-order valence-corrected chi connectivity index (χ2v) is 3.74. The van der Waals surface area contributed by atoms with Crippen molar-refractivity contribution in [3.8, 4) is 0 Å². The maximum Gasteiger partial charge on any atom is 0.150 e. The molecule has 1 unspecified atom stereocenters. The molecular weight excluding hydrogens is 224 g/mol. The molecule has 0 spiro atoms. The molecule has 5 heteroatoms. The molecular formula is C10H12ClF2NO. The first-order valence-corrected chi connectivity index (χ1v) is 4.73. The van der Waals surface area contributed by atoms with Gasteiger partial charge in [-0.05, 0) is 13.0 Å². The topological polar surface area (TPSA) is 35.2 Å². The summed E-state index contributed by atoms with van der Waals surface area (Å²) in [5.74, 6) is -1.63.